The second-order valence-corrected chi connectivity index (χ2v) is 12.1. The van der Waals surface area contributed by atoms with E-state index in [1.807, 2.05) is 20.8 Å². The molecular weight excluding hydrogens is 464 g/mol. The number of piperidine rings is 1. The Hall–Kier alpha value is -2.68. The molecule has 2 aliphatic rings. The minimum atomic E-state index is -3.36. The van der Waals surface area contributed by atoms with Gasteiger partial charge in [0.1, 0.15) is 11.7 Å². The quantitative estimate of drug-likeness (QED) is 0.575. The summed E-state index contributed by atoms with van der Waals surface area (Å²) in [6.07, 6.45) is 2.88. The average molecular weight is 494 g/mol. The van der Waals surface area contributed by atoms with Gasteiger partial charge in [0.05, 0.1) is 4.90 Å². The summed E-state index contributed by atoms with van der Waals surface area (Å²) in [5.74, 6) is -2.10. The number of halogens is 2. The molecule has 2 aromatic carbocycles. The summed E-state index contributed by atoms with van der Waals surface area (Å²) in [5.41, 5.74) is 0.172. The molecule has 0 saturated carbocycles. The van der Waals surface area contributed by atoms with Crippen LogP contribution in [0.4, 0.5) is 13.6 Å². The maximum Gasteiger partial charge on any atom is 0.410 e. The molecule has 2 saturated heterocycles. The predicted molar refractivity (Wildman–Crippen MR) is 123 cm³/mol. The molecule has 1 amide bonds. The minimum absolute atomic E-state index is 0.0858. The summed E-state index contributed by atoms with van der Waals surface area (Å²) in [6.45, 7) is 5.45. The first-order chi connectivity index (χ1) is 15.8. The van der Waals surface area contributed by atoms with E-state index in [0.717, 1.165) is 19.1 Å². The van der Waals surface area contributed by atoms with Crippen molar-refractivity contribution in [2.24, 2.45) is 0 Å². The van der Waals surface area contributed by atoms with Crippen LogP contribution in [-0.2, 0) is 14.6 Å². The number of ether oxygens (including phenoxy) is 2. The van der Waals surface area contributed by atoms with Gasteiger partial charge in [0.2, 0.25) is 0 Å². The zero-order valence-corrected chi connectivity index (χ0v) is 20.5. The largest absolute Gasteiger partial charge is 0.484 e. The van der Waals surface area contributed by atoms with Crippen molar-refractivity contribution in [1.82, 2.24) is 4.90 Å². The Morgan fingerprint density at radius 2 is 1.50 bits per heavy atom. The van der Waals surface area contributed by atoms with Crippen LogP contribution in [-0.4, -0.2) is 49.5 Å². The van der Waals surface area contributed by atoms with Gasteiger partial charge in [0.25, 0.3) is 0 Å². The second-order valence-electron chi connectivity index (χ2n) is 10.0. The van der Waals surface area contributed by atoms with Crippen molar-refractivity contribution in [1.29, 1.82) is 0 Å². The van der Waals surface area contributed by atoms with Crippen molar-refractivity contribution in [3.63, 3.8) is 0 Å². The van der Waals surface area contributed by atoms with Crippen LogP contribution in [0.25, 0.3) is 11.1 Å². The number of rotatable bonds is 4. The topological polar surface area (TPSA) is 72.9 Å². The maximum atomic E-state index is 14.9. The van der Waals surface area contributed by atoms with Crippen LogP contribution >= 0.6 is 0 Å². The van der Waals surface area contributed by atoms with Gasteiger partial charge in [-0.15, -0.1) is 0 Å². The summed E-state index contributed by atoms with van der Waals surface area (Å²) < 4.78 is 64.3. The van der Waals surface area contributed by atoms with Gasteiger partial charge in [-0.05, 0) is 69.0 Å². The predicted octanol–water partition coefficient (Wildman–Crippen LogP) is 5.34. The van der Waals surface area contributed by atoms with Gasteiger partial charge in [0.15, 0.2) is 27.2 Å². The molecular formula is C25H29F2NO5S. The lowest BCUT2D eigenvalue weighted by molar-refractivity contribution is -0.00805. The van der Waals surface area contributed by atoms with E-state index in [2.05, 4.69) is 0 Å². The third-order valence-electron chi connectivity index (χ3n) is 6.19. The van der Waals surface area contributed by atoms with Crippen LogP contribution in [0.2, 0.25) is 0 Å². The first kappa shape index (κ1) is 24.4. The molecule has 2 fully saturated rings. The number of nitrogens with zero attached hydrogens (tertiary/aromatic N) is 1. The van der Waals surface area contributed by atoms with Gasteiger partial charge >= 0.3 is 6.09 Å². The number of amides is 1. The number of benzene rings is 2. The highest BCUT2D eigenvalue weighted by Gasteiger charge is 2.45. The van der Waals surface area contributed by atoms with Crippen molar-refractivity contribution < 1.29 is 31.5 Å². The average Bonchev–Trinajstić information content (AvgIpc) is 2.99. The minimum Gasteiger partial charge on any atom is -0.484 e. The molecule has 2 unspecified atom stereocenters. The van der Waals surface area contributed by atoms with Gasteiger partial charge in [-0.2, -0.15) is 0 Å². The zero-order chi connectivity index (χ0) is 24.8. The van der Waals surface area contributed by atoms with Crippen LogP contribution in [0.3, 0.4) is 0 Å². The second kappa shape index (κ2) is 8.83. The summed E-state index contributed by atoms with van der Waals surface area (Å²) in [6, 6.07) is 8.01. The SMILES string of the molecule is CC(C)(C)OC(=O)N1C2CCC1CC(Oc1c(F)cc(-c3ccc(S(C)(=O)=O)cc3)cc1F)C2. The molecule has 9 heteroatoms. The summed E-state index contributed by atoms with van der Waals surface area (Å²) >= 11 is 0. The van der Waals surface area contributed by atoms with Crippen LogP contribution in [0.15, 0.2) is 41.3 Å². The molecule has 4 rings (SSSR count). The monoisotopic (exact) mass is 493 g/mol. The highest BCUT2D eigenvalue weighted by molar-refractivity contribution is 7.90. The van der Waals surface area contributed by atoms with Crippen molar-refractivity contribution in [2.75, 3.05) is 6.26 Å². The molecule has 0 spiro atoms. The van der Waals surface area contributed by atoms with Gasteiger partial charge in [-0.3, -0.25) is 0 Å². The molecule has 184 valence electrons. The summed E-state index contributed by atoms with van der Waals surface area (Å²) in [7, 11) is -3.36. The fourth-order valence-electron chi connectivity index (χ4n) is 4.74. The summed E-state index contributed by atoms with van der Waals surface area (Å²) in [5, 5.41) is 0. The third-order valence-corrected chi connectivity index (χ3v) is 7.32. The number of hydrogen-bond acceptors (Lipinski definition) is 5. The van der Waals surface area contributed by atoms with Crippen molar-refractivity contribution in [2.45, 2.75) is 75.1 Å². The van der Waals surface area contributed by atoms with Gasteiger partial charge in [-0.25, -0.2) is 22.0 Å². The standard InChI is InChI=1S/C25H29F2NO5S/c1-25(2,3)33-24(29)28-17-7-8-18(28)14-19(13-17)32-23-21(26)11-16(12-22(23)27)15-5-9-20(10-6-15)34(4,30)31/h5-6,9-12,17-19H,7-8,13-14H2,1-4H3. The number of fused-ring (bicyclic) bond motifs is 2. The Kier molecular flexibility index (Phi) is 6.35. The molecule has 34 heavy (non-hydrogen) atoms. The van der Waals surface area contributed by atoms with E-state index in [4.69, 9.17) is 9.47 Å². The van der Waals surface area contributed by atoms with Crippen LogP contribution in [0.5, 0.6) is 5.75 Å². The van der Waals surface area contributed by atoms with E-state index in [9.17, 15) is 22.0 Å². The Labute approximate surface area is 198 Å². The smallest absolute Gasteiger partial charge is 0.410 e. The number of sulfone groups is 1. The fraction of sp³-hybridized carbons (Fsp3) is 0.480. The molecule has 0 aliphatic carbocycles. The number of hydrogen-bond donors (Lipinski definition) is 0. The van der Waals surface area contributed by atoms with E-state index in [-0.39, 0.29) is 28.6 Å². The van der Waals surface area contributed by atoms with E-state index >= 15 is 0 Å². The lowest BCUT2D eigenvalue weighted by Gasteiger charge is -2.39. The Balaban J connectivity index is 1.48. The molecule has 0 N–H and O–H groups in total. The number of carbonyl (C=O) groups excluding carboxylic acids is 1. The molecule has 2 bridgehead atoms. The maximum absolute atomic E-state index is 14.9. The third kappa shape index (κ3) is 5.19. The molecule has 2 aromatic rings. The van der Waals surface area contributed by atoms with Gasteiger partial charge in [-0.1, -0.05) is 12.1 Å². The van der Waals surface area contributed by atoms with Crippen molar-refractivity contribution in [3.05, 3.63) is 48.0 Å². The molecule has 2 heterocycles. The molecule has 0 aromatic heterocycles. The van der Waals surface area contributed by atoms with Crippen LogP contribution in [0.1, 0.15) is 46.5 Å². The molecule has 6 nitrogen and oxygen atoms in total. The number of carbonyl (C=O) groups is 1. The first-order valence-electron chi connectivity index (χ1n) is 11.3. The first-order valence-corrected chi connectivity index (χ1v) is 13.2. The van der Waals surface area contributed by atoms with Crippen molar-refractivity contribution >= 4 is 15.9 Å². The zero-order valence-electron chi connectivity index (χ0n) is 19.7. The Morgan fingerprint density at radius 1 is 0.971 bits per heavy atom. The van der Waals surface area contributed by atoms with E-state index < -0.39 is 38.9 Å². The van der Waals surface area contributed by atoms with Gasteiger partial charge < -0.3 is 14.4 Å². The van der Waals surface area contributed by atoms with Crippen LogP contribution in [0, 0.1) is 11.6 Å². The highest BCUT2D eigenvalue weighted by atomic mass is 32.2. The fourth-order valence-corrected chi connectivity index (χ4v) is 5.37. The lowest BCUT2D eigenvalue weighted by Crippen LogP contribution is -2.50. The van der Waals surface area contributed by atoms with Crippen molar-refractivity contribution in [3.8, 4) is 16.9 Å². The Bertz CT molecular complexity index is 1150. The van der Waals surface area contributed by atoms with E-state index in [0.29, 0.717) is 18.4 Å². The van der Waals surface area contributed by atoms with Gasteiger partial charge in [0, 0.05) is 31.2 Å². The lowest BCUT2D eigenvalue weighted by atomic mass is 10.00. The normalized spacial score (nSPS) is 22.5. The van der Waals surface area contributed by atoms with E-state index in [1.54, 1.807) is 4.90 Å². The highest BCUT2D eigenvalue weighted by Crippen LogP contribution is 2.39. The molecule has 0 radical (unpaired) electrons. The van der Waals surface area contributed by atoms with E-state index in [1.165, 1.54) is 36.4 Å². The molecule has 2 atom stereocenters. The van der Waals surface area contributed by atoms with Crippen LogP contribution < -0.4 is 4.74 Å². The Morgan fingerprint density at radius 3 is 1.97 bits per heavy atom. The summed E-state index contributed by atoms with van der Waals surface area (Å²) in [4.78, 5) is 14.5. The molecule has 2 aliphatic heterocycles.